The molecule has 0 fully saturated rings. The van der Waals surface area contributed by atoms with E-state index in [9.17, 15) is 9.59 Å². The number of rotatable bonds is 6. The number of carbonyl (C=O) groups excluding carboxylic acids is 2. The van der Waals surface area contributed by atoms with Crippen molar-refractivity contribution in [2.45, 2.75) is 26.9 Å². The van der Waals surface area contributed by atoms with Crippen LogP contribution in [0.3, 0.4) is 0 Å². The SMILES string of the molecule is COc1cc(OC)cc(C(=O)O[C@@H](C)C(=O)Nc2c(C)nn(C)c2C)c1. The van der Waals surface area contributed by atoms with Crippen molar-refractivity contribution < 1.29 is 23.8 Å². The summed E-state index contributed by atoms with van der Waals surface area (Å²) in [6.07, 6.45) is -0.987. The molecule has 1 aromatic heterocycles. The summed E-state index contributed by atoms with van der Waals surface area (Å²) >= 11 is 0. The van der Waals surface area contributed by atoms with E-state index in [4.69, 9.17) is 14.2 Å². The zero-order chi connectivity index (χ0) is 19.4. The van der Waals surface area contributed by atoms with Gasteiger partial charge in [0.25, 0.3) is 5.91 Å². The first-order valence-electron chi connectivity index (χ1n) is 8.02. The van der Waals surface area contributed by atoms with Crippen molar-refractivity contribution in [2.24, 2.45) is 7.05 Å². The van der Waals surface area contributed by atoms with Crippen LogP contribution in [-0.2, 0) is 16.6 Å². The highest BCUT2D eigenvalue weighted by molar-refractivity contribution is 5.98. The van der Waals surface area contributed by atoms with Gasteiger partial charge >= 0.3 is 5.97 Å². The molecule has 0 radical (unpaired) electrons. The molecular weight excluding hydrogens is 338 g/mol. The maximum Gasteiger partial charge on any atom is 0.339 e. The number of aromatic nitrogens is 2. The Bertz CT molecular complexity index is 806. The van der Waals surface area contributed by atoms with Crippen LogP contribution in [0, 0.1) is 13.8 Å². The molecule has 26 heavy (non-hydrogen) atoms. The first-order valence-corrected chi connectivity index (χ1v) is 8.02. The predicted octanol–water partition coefficient (Wildman–Crippen LogP) is 2.24. The van der Waals surface area contributed by atoms with Crippen LogP contribution in [0.1, 0.15) is 28.7 Å². The molecule has 0 aliphatic carbocycles. The summed E-state index contributed by atoms with van der Waals surface area (Å²) < 4.78 is 17.2. The van der Waals surface area contributed by atoms with Gasteiger partial charge in [0.05, 0.1) is 36.9 Å². The van der Waals surface area contributed by atoms with E-state index < -0.39 is 18.0 Å². The Morgan fingerprint density at radius 2 is 1.69 bits per heavy atom. The Morgan fingerprint density at radius 3 is 2.15 bits per heavy atom. The van der Waals surface area contributed by atoms with Crippen LogP contribution in [-0.4, -0.2) is 42.0 Å². The number of aryl methyl sites for hydroxylation is 2. The van der Waals surface area contributed by atoms with Gasteiger partial charge in [0, 0.05) is 13.1 Å². The first kappa shape index (κ1) is 19.3. The molecule has 0 aliphatic rings. The highest BCUT2D eigenvalue weighted by Crippen LogP contribution is 2.23. The molecule has 140 valence electrons. The summed E-state index contributed by atoms with van der Waals surface area (Å²) in [6, 6.07) is 4.68. The average Bonchev–Trinajstić information content (AvgIpc) is 2.86. The smallest absolute Gasteiger partial charge is 0.339 e. The topological polar surface area (TPSA) is 91.7 Å². The molecule has 1 aromatic carbocycles. The number of amides is 1. The minimum Gasteiger partial charge on any atom is -0.497 e. The van der Waals surface area contributed by atoms with Crippen LogP contribution in [0.5, 0.6) is 11.5 Å². The Balaban J connectivity index is 2.10. The van der Waals surface area contributed by atoms with Gasteiger partial charge in [0.1, 0.15) is 11.5 Å². The van der Waals surface area contributed by atoms with E-state index >= 15 is 0 Å². The molecule has 0 spiro atoms. The van der Waals surface area contributed by atoms with Crippen LogP contribution in [0.4, 0.5) is 5.69 Å². The number of ether oxygens (including phenoxy) is 3. The second kappa shape index (κ2) is 7.90. The van der Waals surface area contributed by atoms with Gasteiger partial charge in [-0.3, -0.25) is 9.48 Å². The van der Waals surface area contributed by atoms with Gasteiger partial charge in [0.15, 0.2) is 6.10 Å². The predicted molar refractivity (Wildman–Crippen MR) is 95.7 cm³/mol. The lowest BCUT2D eigenvalue weighted by Crippen LogP contribution is -2.30. The van der Waals surface area contributed by atoms with E-state index in [0.717, 1.165) is 5.69 Å². The quantitative estimate of drug-likeness (QED) is 0.794. The number of hydrogen-bond acceptors (Lipinski definition) is 6. The van der Waals surface area contributed by atoms with Crippen molar-refractivity contribution in [2.75, 3.05) is 19.5 Å². The first-order chi connectivity index (χ1) is 12.3. The third-order valence-corrected chi connectivity index (χ3v) is 4.00. The molecule has 0 unspecified atom stereocenters. The number of hydrogen-bond donors (Lipinski definition) is 1. The largest absolute Gasteiger partial charge is 0.497 e. The molecule has 0 bridgehead atoms. The minimum absolute atomic E-state index is 0.231. The fourth-order valence-electron chi connectivity index (χ4n) is 2.39. The summed E-state index contributed by atoms with van der Waals surface area (Å²) in [5.41, 5.74) is 2.35. The molecule has 1 N–H and O–H groups in total. The van der Waals surface area contributed by atoms with E-state index in [1.54, 1.807) is 24.7 Å². The van der Waals surface area contributed by atoms with E-state index in [2.05, 4.69) is 10.4 Å². The molecule has 0 aliphatic heterocycles. The van der Waals surface area contributed by atoms with Crippen molar-refractivity contribution >= 4 is 17.6 Å². The Kier molecular flexibility index (Phi) is 5.86. The zero-order valence-corrected chi connectivity index (χ0v) is 15.7. The third kappa shape index (κ3) is 4.14. The molecule has 1 amide bonds. The summed E-state index contributed by atoms with van der Waals surface area (Å²) in [5.74, 6) is -0.179. The van der Waals surface area contributed by atoms with Crippen molar-refractivity contribution in [1.82, 2.24) is 9.78 Å². The number of methoxy groups -OCH3 is 2. The minimum atomic E-state index is -0.987. The highest BCUT2D eigenvalue weighted by Gasteiger charge is 2.22. The van der Waals surface area contributed by atoms with Gasteiger partial charge in [-0.1, -0.05) is 0 Å². The second-order valence-corrected chi connectivity index (χ2v) is 5.81. The van der Waals surface area contributed by atoms with Crippen molar-refractivity contribution in [3.05, 3.63) is 35.2 Å². The summed E-state index contributed by atoms with van der Waals surface area (Å²) in [4.78, 5) is 24.7. The van der Waals surface area contributed by atoms with Gasteiger partial charge in [-0.05, 0) is 32.9 Å². The second-order valence-electron chi connectivity index (χ2n) is 5.81. The molecule has 1 heterocycles. The maximum atomic E-state index is 12.4. The summed E-state index contributed by atoms with van der Waals surface area (Å²) in [7, 11) is 4.76. The molecule has 8 heteroatoms. The van der Waals surface area contributed by atoms with Crippen LogP contribution < -0.4 is 14.8 Å². The molecular formula is C18H23N3O5. The number of anilines is 1. The van der Waals surface area contributed by atoms with Gasteiger partial charge < -0.3 is 19.5 Å². The van der Waals surface area contributed by atoms with E-state index in [1.807, 2.05) is 6.92 Å². The zero-order valence-electron chi connectivity index (χ0n) is 15.7. The molecule has 0 saturated carbocycles. The lowest BCUT2D eigenvalue weighted by atomic mass is 10.2. The number of esters is 1. The lowest BCUT2D eigenvalue weighted by Gasteiger charge is -2.14. The summed E-state index contributed by atoms with van der Waals surface area (Å²) in [5, 5.41) is 6.99. The molecule has 1 atom stereocenters. The lowest BCUT2D eigenvalue weighted by molar-refractivity contribution is -0.123. The Labute approximate surface area is 152 Å². The van der Waals surface area contributed by atoms with E-state index in [1.165, 1.54) is 33.3 Å². The summed E-state index contributed by atoms with van der Waals surface area (Å²) in [6.45, 7) is 5.14. The van der Waals surface area contributed by atoms with Crippen LogP contribution in [0.2, 0.25) is 0 Å². The molecule has 0 saturated heterocycles. The monoisotopic (exact) mass is 361 g/mol. The van der Waals surface area contributed by atoms with E-state index in [-0.39, 0.29) is 5.56 Å². The van der Waals surface area contributed by atoms with Gasteiger partial charge in [0.2, 0.25) is 0 Å². The van der Waals surface area contributed by atoms with Gasteiger partial charge in [-0.25, -0.2) is 4.79 Å². The van der Waals surface area contributed by atoms with Gasteiger partial charge in [-0.15, -0.1) is 0 Å². The van der Waals surface area contributed by atoms with Crippen molar-refractivity contribution in [1.29, 1.82) is 0 Å². The Morgan fingerprint density at radius 1 is 1.12 bits per heavy atom. The number of nitrogens with one attached hydrogen (secondary N) is 1. The van der Waals surface area contributed by atoms with Crippen LogP contribution in [0.15, 0.2) is 18.2 Å². The number of benzene rings is 1. The van der Waals surface area contributed by atoms with Gasteiger partial charge in [-0.2, -0.15) is 5.10 Å². The number of carbonyl (C=O) groups is 2. The third-order valence-electron chi connectivity index (χ3n) is 4.00. The normalized spacial score (nSPS) is 11.6. The fourth-order valence-corrected chi connectivity index (χ4v) is 2.39. The standard InChI is InChI=1S/C18H23N3O5/c1-10-16(11(2)21(4)20-10)19-17(22)12(3)26-18(23)13-7-14(24-5)9-15(8-13)25-6/h7-9,12H,1-6H3,(H,19,22)/t12-/m0/s1. The molecule has 8 nitrogen and oxygen atoms in total. The van der Waals surface area contributed by atoms with Crippen LogP contribution in [0.25, 0.3) is 0 Å². The molecule has 2 rings (SSSR count). The fraction of sp³-hybridized carbons (Fsp3) is 0.389. The van der Waals surface area contributed by atoms with Crippen molar-refractivity contribution in [3.63, 3.8) is 0 Å². The average molecular weight is 361 g/mol. The van der Waals surface area contributed by atoms with Crippen LogP contribution >= 0.6 is 0 Å². The van der Waals surface area contributed by atoms with E-state index in [0.29, 0.717) is 22.9 Å². The Hall–Kier alpha value is -3.03. The number of nitrogens with zero attached hydrogens (tertiary/aromatic N) is 2. The highest BCUT2D eigenvalue weighted by atomic mass is 16.5. The maximum absolute atomic E-state index is 12.4. The van der Waals surface area contributed by atoms with Crippen molar-refractivity contribution in [3.8, 4) is 11.5 Å². The molecule has 2 aromatic rings.